The van der Waals surface area contributed by atoms with Gasteiger partial charge in [0, 0.05) is 4.75 Å². The van der Waals surface area contributed by atoms with Gasteiger partial charge in [-0.1, -0.05) is 13.5 Å². The van der Waals surface area contributed by atoms with Crippen LogP contribution in [0.15, 0.2) is 12.0 Å². The summed E-state index contributed by atoms with van der Waals surface area (Å²) in [5.41, 5.74) is 0. The molecule has 1 heteroatoms. The molecule has 0 bridgehead atoms. The molecule has 0 N–H and O–H groups in total. The second-order valence-corrected chi connectivity index (χ2v) is 3.79. The van der Waals surface area contributed by atoms with Gasteiger partial charge in [0.2, 0.25) is 0 Å². The highest BCUT2D eigenvalue weighted by molar-refractivity contribution is 8.03. The lowest BCUT2D eigenvalue weighted by molar-refractivity contribution is 1.06. The van der Waals surface area contributed by atoms with Crippen LogP contribution < -0.4 is 0 Å². The molecule has 1 aliphatic carbocycles. The first-order valence-electron chi connectivity index (χ1n) is 2.56. The summed E-state index contributed by atoms with van der Waals surface area (Å²) in [6.07, 6.45) is 2.76. The van der Waals surface area contributed by atoms with E-state index in [1.54, 1.807) is 0 Å². The zero-order chi connectivity index (χ0) is 5.33. The van der Waals surface area contributed by atoms with Crippen molar-refractivity contribution in [2.75, 3.05) is 0 Å². The van der Waals surface area contributed by atoms with Gasteiger partial charge in [0.05, 0.1) is 0 Å². The first-order chi connectivity index (χ1) is 3.27. The highest BCUT2D eigenvalue weighted by Gasteiger charge is 2.36. The molecule has 0 aromatic rings. The molecule has 0 spiro atoms. The molecule has 7 heavy (non-hydrogen) atoms. The van der Waals surface area contributed by atoms with Crippen molar-refractivity contribution < 1.29 is 0 Å². The highest BCUT2D eigenvalue weighted by Crippen LogP contribution is 2.47. The summed E-state index contributed by atoms with van der Waals surface area (Å²) in [5.74, 6) is 0. The smallest absolute Gasteiger partial charge is 0.0174 e. The third kappa shape index (κ3) is 1.23. The summed E-state index contributed by atoms with van der Waals surface area (Å²) in [6, 6.07) is 0. The predicted molar refractivity (Wildman–Crippen MR) is 35.4 cm³/mol. The van der Waals surface area contributed by atoms with Crippen LogP contribution in [0.2, 0.25) is 0 Å². The van der Waals surface area contributed by atoms with Crippen molar-refractivity contribution >= 4 is 11.8 Å². The molecule has 1 saturated carbocycles. The Morgan fingerprint density at radius 1 is 1.71 bits per heavy atom. The van der Waals surface area contributed by atoms with Gasteiger partial charge < -0.3 is 0 Å². The van der Waals surface area contributed by atoms with Crippen LogP contribution >= 0.6 is 11.8 Å². The summed E-state index contributed by atoms with van der Waals surface area (Å²) in [4.78, 5) is 0. The Kier molecular flexibility index (Phi) is 1.16. The monoisotopic (exact) mass is 114 g/mol. The Labute approximate surface area is 49.0 Å². The van der Waals surface area contributed by atoms with Crippen LogP contribution in [0.4, 0.5) is 0 Å². The molecule has 0 aromatic carbocycles. The third-order valence-corrected chi connectivity index (χ3v) is 2.47. The standard InChI is InChI=1S/C6H10S/c1-3-7-6(2)4-5-6/h3H,1,4-5H2,2H3. The number of hydrogen-bond acceptors (Lipinski definition) is 1. The fourth-order valence-electron chi connectivity index (χ4n) is 0.495. The van der Waals surface area contributed by atoms with Gasteiger partial charge >= 0.3 is 0 Å². The molecule has 0 saturated heterocycles. The molecule has 1 fully saturated rings. The fourth-order valence-corrected chi connectivity index (χ4v) is 1.24. The molecule has 1 aliphatic rings. The predicted octanol–water partition coefficient (Wildman–Crippen LogP) is 2.42. The van der Waals surface area contributed by atoms with Gasteiger partial charge in [0.1, 0.15) is 0 Å². The zero-order valence-electron chi connectivity index (χ0n) is 4.61. The van der Waals surface area contributed by atoms with Crippen molar-refractivity contribution in [2.45, 2.75) is 24.5 Å². The maximum Gasteiger partial charge on any atom is 0.0174 e. The van der Waals surface area contributed by atoms with Crippen LogP contribution in [0.25, 0.3) is 0 Å². The minimum atomic E-state index is 0.599. The Bertz CT molecular complexity index is 82.2. The Balaban J connectivity index is 2.25. The van der Waals surface area contributed by atoms with Gasteiger partial charge in [-0.25, -0.2) is 0 Å². The molecule has 0 aromatic heterocycles. The quantitative estimate of drug-likeness (QED) is 0.531. The maximum absolute atomic E-state index is 3.65. The second-order valence-electron chi connectivity index (χ2n) is 2.23. The molecule has 1 rings (SSSR count). The third-order valence-electron chi connectivity index (χ3n) is 1.32. The van der Waals surface area contributed by atoms with Crippen LogP contribution in [0.5, 0.6) is 0 Å². The van der Waals surface area contributed by atoms with Crippen LogP contribution in [0, 0.1) is 0 Å². The van der Waals surface area contributed by atoms with Crippen LogP contribution in [-0.2, 0) is 0 Å². The molecule has 0 aliphatic heterocycles. The van der Waals surface area contributed by atoms with Gasteiger partial charge in [-0.15, -0.1) is 11.8 Å². The second kappa shape index (κ2) is 1.55. The van der Waals surface area contributed by atoms with Crippen molar-refractivity contribution in [1.29, 1.82) is 0 Å². The van der Waals surface area contributed by atoms with Crippen LogP contribution in [0.1, 0.15) is 19.8 Å². The summed E-state index contributed by atoms with van der Waals surface area (Å²) in [7, 11) is 0. The minimum absolute atomic E-state index is 0.599. The lowest BCUT2D eigenvalue weighted by Crippen LogP contribution is -1.87. The van der Waals surface area contributed by atoms with Crippen molar-refractivity contribution in [3.05, 3.63) is 12.0 Å². The van der Waals surface area contributed by atoms with E-state index in [2.05, 4.69) is 13.5 Å². The van der Waals surface area contributed by atoms with Crippen molar-refractivity contribution in [3.63, 3.8) is 0 Å². The van der Waals surface area contributed by atoms with E-state index >= 15 is 0 Å². The molecule has 0 atom stereocenters. The van der Waals surface area contributed by atoms with Crippen molar-refractivity contribution in [2.24, 2.45) is 0 Å². The van der Waals surface area contributed by atoms with Crippen LogP contribution in [0.3, 0.4) is 0 Å². The maximum atomic E-state index is 3.65. The van der Waals surface area contributed by atoms with E-state index in [4.69, 9.17) is 0 Å². The molecule has 0 unspecified atom stereocenters. The fraction of sp³-hybridized carbons (Fsp3) is 0.667. The largest absolute Gasteiger partial charge is 0.128 e. The van der Waals surface area contributed by atoms with Crippen molar-refractivity contribution in [1.82, 2.24) is 0 Å². The Morgan fingerprint density at radius 3 is 2.43 bits per heavy atom. The van der Waals surface area contributed by atoms with E-state index in [1.165, 1.54) is 12.8 Å². The van der Waals surface area contributed by atoms with Gasteiger partial charge in [-0.3, -0.25) is 0 Å². The lowest BCUT2D eigenvalue weighted by atomic mass is 10.5. The first kappa shape index (κ1) is 5.23. The van der Waals surface area contributed by atoms with Crippen LogP contribution in [-0.4, -0.2) is 4.75 Å². The van der Waals surface area contributed by atoms with E-state index in [9.17, 15) is 0 Å². The topological polar surface area (TPSA) is 0 Å². The molecule has 0 nitrogen and oxygen atoms in total. The van der Waals surface area contributed by atoms with E-state index in [0.29, 0.717) is 4.75 Å². The Morgan fingerprint density at radius 2 is 2.29 bits per heavy atom. The summed E-state index contributed by atoms with van der Waals surface area (Å²) in [5, 5.41) is 1.94. The average molecular weight is 114 g/mol. The molecule has 0 heterocycles. The summed E-state index contributed by atoms with van der Waals surface area (Å²) >= 11 is 1.86. The normalized spacial score (nSPS) is 24.1. The average Bonchev–Trinajstić information content (AvgIpc) is 2.22. The SMILES string of the molecule is C=CSC1(C)CC1. The number of rotatable bonds is 2. The van der Waals surface area contributed by atoms with Crippen molar-refractivity contribution in [3.8, 4) is 0 Å². The molecular weight excluding hydrogens is 104 g/mol. The number of thioether (sulfide) groups is 1. The van der Waals surface area contributed by atoms with Gasteiger partial charge in [-0.05, 0) is 18.2 Å². The highest BCUT2D eigenvalue weighted by atomic mass is 32.2. The van der Waals surface area contributed by atoms with E-state index < -0.39 is 0 Å². The van der Waals surface area contributed by atoms with E-state index in [1.807, 2.05) is 17.2 Å². The summed E-state index contributed by atoms with van der Waals surface area (Å²) in [6.45, 7) is 5.93. The van der Waals surface area contributed by atoms with Gasteiger partial charge in [-0.2, -0.15) is 0 Å². The molecule has 40 valence electrons. The van der Waals surface area contributed by atoms with Gasteiger partial charge in [0.25, 0.3) is 0 Å². The molecule has 0 amide bonds. The lowest BCUT2D eigenvalue weighted by Gasteiger charge is -1.98. The minimum Gasteiger partial charge on any atom is -0.128 e. The molecule has 0 radical (unpaired) electrons. The molecular formula is C6H10S. The zero-order valence-corrected chi connectivity index (χ0v) is 5.42. The number of hydrogen-bond donors (Lipinski definition) is 0. The summed E-state index contributed by atoms with van der Waals surface area (Å²) < 4.78 is 0.599. The van der Waals surface area contributed by atoms with Gasteiger partial charge in [0.15, 0.2) is 0 Å². The van der Waals surface area contributed by atoms with E-state index in [-0.39, 0.29) is 0 Å². The Hall–Kier alpha value is 0.0900. The van der Waals surface area contributed by atoms with E-state index in [0.717, 1.165) is 0 Å². The first-order valence-corrected chi connectivity index (χ1v) is 3.43.